The normalized spacial score (nSPS) is 11.7. The maximum atomic E-state index is 12.7. The smallest absolute Gasteiger partial charge is 0.262 e. The predicted molar refractivity (Wildman–Crippen MR) is 109 cm³/mol. The number of nitrogens with two attached hydrogens (primary N) is 1. The minimum Gasteiger partial charge on any atom is -0.368 e. The Morgan fingerprint density at radius 1 is 1.25 bits per heavy atom. The lowest BCUT2D eigenvalue weighted by Gasteiger charge is -2.16. The predicted octanol–water partition coefficient (Wildman–Crippen LogP) is 2.20. The Bertz CT molecular complexity index is 1180. The highest BCUT2D eigenvalue weighted by Gasteiger charge is 2.21. The van der Waals surface area contributed by atoms with E-state index in [0.717, 1.165) is 0 Å². The number of fused-ring (bicyclic) bond motifs is 1. The van der Waals surface area contributed by atoms with Crippen LogP contribution >= 0.6 is 12.2 Å². The van der Waals surface area contributed by atoms with Gasteiger partial charge in [0.15, 0.2) is 4.77 Å². The number of hydrogen-bond acceptors (Lipinski definition) is 4. The fraction of sp³-hybridized carbons (Fsp3) is 0.100. The zero-order valence-electron chi connectivity index (χ0n) is 14.8. The summed E-state index contributed by atoms with van der Waals surface area (Å²) in [6.07, 6.45) is 1.58. The Balaban J connectivity index is 1.97. The summed E-state index contributed by atoms with van der Waals surface area (Å²) in [7, 11) is 0. The van der Waals surface area contributed by atoms with Gasteiger partial charge in [-0.05, 0) is 36.0 Å². The highest BCUT2D eigenvalue weighted by molar-refractivity contribution is 7.71. The second-order valence-electron chi connectivity index (χ2n) is 6.11. The molecule has 0 radical (unpaired) electrons. The average molecular weight is 394 g/mol. The van der Waals surface area contributed by atoms with Gasteiger partial charge in [-0.2, -0.15) is 0 Å². The van der Waals surface area contributed by atoms with Crippen molar-refractivity contribution in [2.75, 3.05) is 0 Å². The van der Waals surface area contributed by atoms with Crippen molar-refractivity contribution in [2.24, 2.45) is 5.73 Å². The van der Waals surface area contributed by atoms with E-state index >= 15 is 0 Å². The molecule has 1 atom stereocenters. The van der Waals surface area contributed by atoms with E-state index in [4.69, 9.17) is 18.0 Å². The van der Waals surface area contributed by atoms with E-state index in [2.05, 4.69) is 16.9 Å². The molecular formula is C20H18N4O3S. The van der Waals surface area contributed by atoms with Crippen molar-refractivity contribution in [1.29, 1.82) is 0 Å². The third-order valence-electron chi connectivity index (χ3n) is 4.25. The number of allylic oxidation sites excluding steroid dienone is 1. The summed E-state index contributed by atoms with van der Waals surface area (Å²) in [6.45, 7) is 3.89. The molecule has 3 rings (SSSR count). The van der Waals surface area contributed by atoms with Crippen molar-refractivity contribution in [3.8, 4) is 0 Å². The van der Waals surface area contributed by atoms with Crippen molar-refractivity contribution >= 4 is 34.9 Å². The molecule has 3 aromatic rings. The number of hydrogen-bond donors (Lipinski definition) is 3. The van der Waals surface area contributed by atoms with Gasteiger partial charge in [0.05, 0.1) is 10.9 Å². The van der Waals surface area contributed by atoms with Gasteiger partial charge in [0, 0.05) is 12.1 Å². The van der Waals surface area contributed by atoms with Gasteiger partial charge < -0.3 is 16.0 Å². The molecule has 142 valence electrons. The highest BCUT2D eigenvalue weighted by Crippen LogP contribution is 2.15. The molecule has 0 spiro atoms. The molecule has 0 aliphatic carbocycles. The van der Waals surface area contributed by atoms with Gasteiger partial charge in [0.1, 0.15) is 6.04 Å². The van der Waals surface area contributed by atoms with E-state index in [1.165, 1.54) is 16.7 Å². The molecule has 28 heavy (non-hydrogen) atoms. The Kier molecular flexibility index (Phi) is 5.51. The van der Waals surface area contributed by atoms with Gasteiger partial charge in [0.25, 0.3) is 11.5 Å². The first kappa shape index (κ1) is 19.2. The van der Waals surface area contributed by atoms with Crippen LogP contribution in [0.5, 0.6) is 0 Å². The topological polar surface area (TPSA) is 110 Å². The number of aromatic nitrogens is 2. The number of carbonyl (C=O) groups is 2. The molecule has 1 heterocycles. The van der Waals surface area contributed by atoms with E-state index in [0.29, 0.717) is 16.5 Å². The standard InChI is InChI=1S/C20H18N4O3S/c1-2-10-24-19(27)14-9-8-13(11-15(14)22-20(24)28)18(26)23-16(17(21)25)12-6-4-3-5-7-12/h2-9,11,16H,1,10H2,(H2,21,25)(H,22,28)(H,23,26). The largest absolute Gasteiger partial charge is 0.368 e. The second kappa shape index (κ2) is 8.01. The molecule has 8 heteroatoms. The first-order valence-electron chi connectivity index (χ1n) is 8.45. The molecule has 7 nitrogen and oxygen atoms in total. The van der Waals surface area contributed by atoms with E-state index in [9.17, 15) is 14.4 Å². The molecule has 0 aliphatic heterocycles. The van der Waals surface area contributed by atoms with Crippen molar-refractivity contribution < 1.29 is 9.59 Å². The van der Waals surface area contributed by atoms with Gasteiger partial charge in [-0.3, -0.25) is 19.0 Å². The lowest BCUT2D eigenvalue weighted by atomic mass is 10.1. The van der Waals surface area contributed by atoms with E-state index < -0.39 is 17.9 Å². The molecule has 1 unspecified atom stereocenters. The number of nitrogens with one attached hydrogen (secondary N) is 2. The number of benzene rings is 2. The quantitative estimate of drug-likeness (QED) is 0.440. The number of amides is 2. The van der Waals surface area contributed by atoms with Gasteiger partial charge in [-0.15, -0.1) is 6.58 Å². The van der Waals surface area contributed by atoms with Gasteiger partial charge in [-0.25, -0.2) is 0 Å². The third kappa shape index (κ3) is 3.77. The summed E-state index contributed by atoms with van der Waals surface area (Å²) in [4.78, 5) is 39.9. The van der Waals surface area contributed by atoms with Crippen molar-refractivity contribution in [2.45, 2.75) is 12.6 Å². The first-order chi connectivity index (χ1) is 13.4. The molecule has 2 aromatic carbocycles. The van der Waals surface area contributed by atoms with Crippen LogP contribution in [0, 0.1) is 4.77 Å². The van der Waals surface area contributed by atoms with Gasteiger partial charge in [0.2, 0.25) is 5.91 Å². The summed E-state index contributed by atoms with van der Waals surface area (Å²) in [5, 5.41) is 3.01. The zero-order valence-corrected chi connectivity index (χ0v) is 15.7. The molecular weight excluding hydrogens is 376 g/mol. The second-order valence-corrected chi connectivity index (χ2v) is 6.50. The van der Waals surface area contributed by atoms with Crippen LogP contribution < -0.4 is 16.6 Å². The number of H-pyrrole nitrogens is 1. The van der Waals surface area contributed by atoms with Crippen LogP contribution in [0.1, 0.15) is 22.0 Å². The van der Waals surface area contributed by atoms with Crippen LogP contribution in [0.15, 0.2) is 66.0 Å². The lowest BCUT2D eigenvalue weighted by Crippen LogP contribution is -2.37. The minimum atomic E-state index is -0.969. The molecule has 2 amide bonds. The molecule has 0 fully saturated rings. The molecule has 4 N–H and O–H groups in total. The SMILES string of the molecule is C=CCn1c(=S)[nH]c2cc(C(=O)NC(C(N)=O)c3ccccc3)ccc2c1=O. The molecule has 0 saturated heterocycles. The van der Waals surface area contributed by atoms with Gasteiger partial charge in [-0.1, -0.05) is 36.4 Å². The highest BCUT2D eigenvalue weighted by atomic mass is 32.1. The monoisotopic (exact) mass is 394 g/mol. The van der Waals surface area contributed by atoms with Crippen LogP contribution in [0.2, 0.25) is 0 Å². The molecule has 1 aromatic heterocycles. The maximum absolute atomic E-state index is 12.7. The maximum Gasteiger partial charge on any atom is 0.262 e. The lowest BCUT2D eigenvalue weighted by molar-refractivity contribution is -0.120. The zero-order chi connectivity index (χ0) is 20.3. The van der Waals surface area contributed by atoms with E-state index in [1.807, 2.05) is 0 Å². The molecule has 0 saturated carbocycles. The van der Waals surface area contributed by atoms with Crippen molar-refractivity contribution in [3.05, 3.63) is 87.4 Å². The molecule has 0 aliphatic rings. The number of nitrogens with zero attached hydrogens (tertiary/aromatic N) is 1. The number of aromatic amines is 1. The number of carbonyl (C=O) groups excluding carboxylic acids is 2. The summed E-state index contributed by atoms with van der Waals surface area (Å²) in [6, 6.07) is 12.3. The van der Waals surface area contributed by atoms with Crippen LogP contribution in [-0.4, -0.2) is 21.4 Å². The fourth-order valence-corrected chi connectivity index (χ4v) is 3.14. The number of primary amides is 1. The Hall–Kier alpha value is -3.52. The van der Waals surface area contributed by atoms with E-state index in [1.54, 1.807) is 42.5 Å². The summed E-state index contributed by atoms with van der Waals surface area (Å²) < 4.78 is 1.61. The van der Waals surface area contributed by atoms with E-state index in [-0.39, 0.29) is 22.4 Å². The summed E-state index contributed by atoms with van der Waals surface area (Å²) >= 11 is 5.21. The summed E-state index contributed by atoms with van der Waals surface area (Å²) in [5.41, 5.74) is 6.44. The summed E-state index contributed by atoms with van der Waals surface area (Å²) in [5.74, 6) is -1.17. The van der Waals surface area contributed by atoms with Crippen molar-refractivity contribution in [3.63, 3.8) is 0 Å². The Labute approximate surface area is 165 Å². The fourth-order valence-electron chi connectivity index (χ4n) is 2.87. The van der Waals surface area contributed by atoms with Crippen molar-refractivity contribution in [1.82, 2.24) is 14.9 Å². The first-order valence-corrected chi connectivity index (χ1v) is 8.86. The van der Waals surface area contributed by atoms with Gasteiger partial charge >= 0.3 is 0 Å². The number of rotatable bonds is 6. The van der Waals surface area contributed by atoms with Crippen LogP contribution in [0.3, 0.4) is 0 Å². The average Bonchev–Trinajstić information content (AvgIpc) is 2.69. The molecule has 0 bridgehead atoms. The Morgan fingerprint density at radius 3 is 2.61 bits per heavy atom. The minimum absolute atomic E-state index is 0.231. The third-order valence-corrected chi connectivity index (χ3v) is 4.57. The van der Waals surface area contributed by atoms with Crippen LogP contribution in [0.4, 0.5) is 0 Å². The Morgan fingerprint density at radius 2 is 1.96 bits per heavy atom. The van der Waals surface area contributed by atoms with Crippen LogP contribution in [-0.2, 0) is 11.3 Å². The van der Waals surface area contributed by atoms with Crippen LogP contribution in [0.25, 0.3) is 10.9 Å².